The van der Waals surface area contributed by atoms with Crippen molar-refractivity contribution in [2.45, 2.75) is 51.2 Å². The lowest BCUT2D eigenvalue weighted by Gasteiger charge is -2.45. The molecule has 1 amide bonds. The maximum absolute atomic E-state index is 13.4. The second kappa shape index (κ2) is 12.1. The van der Waals surface area contributed by atoms with E-state index in [0.717, 1.165) is 51.9 Å². The monoisotopic (exact) mass is 445 g/mol. The summed E-state index contributed by atoms with van der Waals surface area (Å²) in [7, 11) is 3.72. The third-order valence-electron chi connectivity index (χ3n) is 6.52. The van der Waals surface area contributed by atoms with Gasteiger partial charge in [0, 0.05) is 39.3 Å². The predicted molar refractivity (Wildman–Crippen MR) is 123 cm³/mol. The van der Waals surface area contributed by atoms with E-state index in [4.69, 9.17) is 4.74 Å². The molecule has 0 spiro atoms. The van der Waals surface area contributed by atoms with E-state index in [9.17, 15) is 4.79 Å². The largest absolute Gasteiger partial charge is 0.384 e. The summed E-state index contributed by atoms with van der Waals surface area (Å²) in [5.41, 5.74) is 1.01. The van der Waals surface area contributed by atoms with Crippen LogP contribution < -0.4 is 5.32 Å². The van der Waals surface area contributed by atoms with E-state index < -0.39 is 0 Å². The number of nitrogens with zero attached hydrogens (tertiary/aromatic N) is 2. The van der Waals surface area contributed by atoms with Crippen LogP contribution in [0.3, 0.4) is 0 Å². The van der Waals surface area contributed by atoms with Crippen LogP contribution in [0.1, 0.15) is 38.2 Å². The average Bonchev–Trinajstić information content (AvgIpc) is 2.70. The minimum atomic E-state index is -0.348. The number of piperidine rings is 2. The maximum Gasteiger partial charge on any atom is 0.231 e. The summed E-state index contributed by atoms with van der Waals surface area (Å²) in [4.78, 5) is 18.0. The number of benzene rings is 1. The third kappa shape index (κ3) is 6.31. The van der Waals surface area contributed by atoms with E-state index in [0.29, 0.717) is 18.7 Å². The molecule has 7 heteroatoms. The zero-order chi connectivity index (χ0) is 19.3. The highest BCUT2D eigenvalue weighted by Crippen LogP contribution is 2.33. The van der Waals surface area contributed by atoms with Crippen molar-refractivity contribution >= 4 is 30.7 Å². The molecule has 2 aliphatic heterocycles. The van der Waals surface area contributed by atoms with Crippen LogP contribution in [0.4, 0.5) is 0 Å². The Morgan fingerprint density at radius 3 is 2.48 bits per heavy atom. The van der Waals surface area contributed by atoms with Gasteiger partial charge in [-0.2, -0.15) is 0 Å². The molecular formula is C22H37Cl2N3O2. The molecule has 2 heterocycles. The van der Waals surface area contributed by atoms with Crippen molar-refractivity contribution in [1.82, 2.24) is 15.1 Å². The quantitative estimate of drug-likeness (QED) is 0.728. The first-order valence-corrected chi connectivity index (χ1v) is 10.3. The van der Waals surface area contributed by atoms with Gasteiger partial charge in [-0.15, -0.1) is 24.8 Å². The first kappa shape index (κ1) is 26.2. The summed E-state index contributed by atoms with van der Waals surface area (Å²) in [5, 5.41) is 3.37. The molecule has 0 radical (unpaired) electrons. The summed E-state index contributed by atoms with van der Waals surface area (Å²) >= 11 is 0. The van der Waals surface area contributed by atoms with Gasteiger partial charge in [-0.25, -0.2) is 0 Å². The minimum absolute atomic E-state index is 0. The van der Waals surface area contributed by atoms with Crippen molar-refractivity contribution in [3.63, 3.8) is 0 Å². The van der Waals surface area contributed by atoms with Crippen molar-refractivity contribution in [3.05, 3.63) is 35.9 Å². The van der Waals surface area contributed by atoms with Gasteiger partial charge in [-0.1, -0.05) is 30.3 Å². The molecule has 29 heavy (non-hydrogen) atoms. The zero-order valence-electron chi connectivity index (χ0n) is 17.9. The molecule has 2 aliphatic rings. The van der Waals surface area contributed by atoms with E-state index in [1.807, 2.05) is 11.9 Å². The summed E-state index contributed by atoms with van der Waals surface area (Å²) in [6, 6.07) is 11.5. The Hall–Kier alpha value is -0.850. The van der Waals surface area contributed by atoms with Gasteiger partial charge in [0.05, 0.1) is 12.0 Å². The van der Waals surface area contributed by atoms with Crippen molar-refractivity contribution in [3.8, 4) is 0 Å². The fourth-order valence-corrected chi connectivity index (χ4v) is 4.74. The van der Waals surface area contributed by atoms with Crippen LogP contribution >= 0.6 is 24.8 Å². The van der Waals surface area contributed by atoms with Gasteiger partial charge >= 0.3 is 0 Å². The number of ether oxygens (including phenoxy) is 1. The predicted octanol–water partition coefficient (Wildman–Crippen LogP) is 3.36. The number of hydrogen-bond acceptors (Lipinski definition) is 4. The molecular weight excluding hydrogens is 409 g/mol. The molecule has 1 aromatic rings. The molecule has 1 aromatic carbocycles. The van der Waals surface area contributed by atoms with Gasteiger partial charge in [0.2, 0.25) is 5.91 Å². The molecule has 0 saturated carbocycles. The summed E-state index contributed by atoms with van der Waals surface area (Å²) in [5.74, 6) is 0.277. The molecule has 1 N–H and O–H groups in total. The standard InChI is InChI=1S/C22H35N3O2.2ClH/c1-18-15-20(9-14-25(18)16-19-7-5-4-6-8-19)24(2)21(26)22(17-27-3)10-12-23-13-11-22;;/h4-8,18,20,23H,9-17H2,1-3H3;2*1H. The van der Waals surface area contributed by atoms with E-state index in [1.54, 1.807) is 7.11 Å². The van der Waals surface area contributed by atoms with Crippen molar-refractivity contribution in [2.24, 2.45) is 5.41 Å². The second-order valence-electron chi connectivity index (χ2n) is 8.36. The van der Waals surface area contributed by atoms with E-state index in [1.165, 1.54) is 5.56 Å². The topological polar surface area (TPSA) is 44.8 Å². The van der Waals surface area contributed by atoms with Gasteiger partial charge in [0.25, 0.3) is 0 Å². The zero-order valence-corrected chi connectivity index (χ0v) is 19.6. The van der Waals surface area contributed by atoms with Crippen molar-refractivity contribution in [2.75, 3.05) is 40.4 Å². The summed E-state index contributed by atoms with van der Waals surface area (Å²) < 4.78 is 5.46. The number of likely N-dealkylation sites (tertiary alicyclic amines) is 1. The van der Waals surface area contributed by atoms with Crippen molar-refractivity contribution < 1.29 is 9.53 Å². The van der Waals surface area contributed by atoms with Crippen LogP contribution in [0.2, 0.25) is 0 Å². The fourth-order valence-electron chi connectivity index (χ4n) is 4.74. The molecule has 0 aromatic heterocycles. The Labute approximate surface area is 188 Å². The highest BCUT2D eigenvalue weighted by Gasteiger charge is 2.43. The normalized spacial score (nSPS) is 24.1. The summed E-state index contributed by atoms with van der Waals surface area (Å²) in [6.07, 6.45) is 3.82. The van der Waals surface area contributed by atoms with Crippen LogP contribution in [0.5, 0.6) is 0 Å². The SMILES string of the molecule is COCC1(C(=O)N(C)C2CCN(Cc3ccccc3)C(C)C2)CCNCC1.Cl.Cl. The minimum Gasteiger partial charge on any atom is -0.384 e. The summed E-state index contributed by atoms with van der Waals surface area (Å²) in [6.45, 7) is 6.65. The molecule has 5 nitrogen and oxygen atoms in total. The van der Waals surface area contributed by atoms with Crippen LogP contribution in [0.25, 0.3) is 0 Å². The Morgan fingerprint density at radius 2 is 1.90 bits per heavy atom. The van der Waals surface area contributed by atoms with E-state index in [2.05, 4.69) is 47.5 Å². The first-order valence-electron chi connectivity index (χ1n) is 10.3. The highest BCUT2D eigenvalue weighted by atomic mass is 35.5. The number of rotatable bonds is 6. The Kier molecular flexibility index (Phi) is 10.9. The Morgan fingerprint density at radius 1 is 1.24 bits per heavy atom. The number of amides is 1. The number of nitrogens with one attached hydrogen (secondary N) is 1. The lowest BCUT2D eigenvalue weighted by Crippen LogP contribution is -2.55. The van der Waals surface area contributed by atoms with Gasteiger partial charge in [0.15, 0.2) is 0 Å². The van der Waals surface area contributed by atoms with E-state index in [-0.39, 0.29) is 36.1 Å². The van der Waals surface area contributed by atoms with Gasteiger partial charge < -0.3 is 15.0 Å². The van der Waals surface area contributed by atoms with Crippen LogP contribution in [-0.2, 0) is 16.1 Å². The van der Waals surface area contributed by atoms with Gasteiger partial charge in [-0.05, 0) is 51.3 Å². The maximum atomic E-state index is 13.4. The molecule has 0 bridgehead atoms. The average molecular weight is 446 g/mol. The first-order chi connectivity index (χ1) is 13.1. The highest BCUT2D eigenvalue weighted by molar-refractivity contribution is 5.85. The number of methoxy groups -OCH3 is 1. The number of halogens is 2. The molecule has 2 unspecified atom stereocenters. The molecule has 2 saturated heterocycles. The van der Waals surface area contributed by atoms with Gasteiger partial charge in [-0.3, -0.25) is 9.69 Å². The molecule has 2 atom stereocenters. The van der Waals surface area contributed by atoms with Crippen molar-refractivity contribution in [1.29, 1.82) is 0 Å². The number of hydrogen-bond donors (Lipinski definition) is 1. The Balaban J connectivity index is 0.00000210. The smallest absolute Gasteiger partial charge is 0.231 e. The molecule has 2 fully saturated rings. The second-order valence-corrected chi connectivity index (χ2v) is 8.36. The Bertz CT molecular complexity index is 606. The number of carbonyl (C=O) groups excluding carboxylic acids is 1. The molecule has 3 rings (SSSR count). The lowest BCUT2D eigenvalue weighted by molar-refractivity contribution is -0.149. The lowest BCUT2D eigenvalue weighted by atomic mass is 9.77. The van der Waals surface area contributed by atoms with Crippen LogP contribution in [0, 0.1) is 5.41 Å². The fraction of sp³-hybridized carbons (Fsp3) is 0.682. The third-order valence-corrected chi connectivity index (χ3v) is 6.52. The van der Waals surface area contributed by atoms with E-state index >= 15 is 0 Å². The molecule has 166 valence electrons. The van der Waals surface area contributed by atoms with Gasteiger partial charge in [0.1, 0.15) is 0 Å². The number of carbonyl (C=O) groups is 1. The molecule has 0 aliphatic carbocycles. The van der Waals surface area contributed by atoms with Crippen LogP contribution in [0.15, 0.2) is 30.3 Å². The van der Waals surface area contributed by atoms with Crippen LogP contribution in [-0.4, -0.2) is 68.2 Å².